The van der Waals surface area contributed by atoms with Crippen molar-refractivity contribution in [2.24, 2.45) is 0 Å². The molecule has 1 aromatic rings. The number of anilines is 1. The quantitative estimate of drug-likeness (QED) is 0.897. The van der Waals surface area contributed by atoms with E-state index in [0.717, 1.165) is 42.8 Å². The SMILES string of the molecule is Cc1ccc(C)c(NC(=O)CN(C)CC2CCCO2)c1. The Morgan fingerprint density at radius 1 is 1.45 bits per heavy atom. The average molecular weight is 276 g/mol. The van der Waals surface area contributed by atoms with E-state index in [4.69, 9.17) is 4.74 Å². The van der Waals surface area contributed by atoms with Gasteiger partial charge in [-0.15, -0.1) is 0 Å². The van der Waals surface area contributed by atoms with E-state index in [1.54, 1.807) is 0 Å². The predicted octanol–water partition coefficient (Wildman–Crippen LogP) is 2.35. The van der Waals surface area contributed by atoms with E-state index in [9.17, 15) is 4.79 Å². The summed E-state index contributed by atoms with van der Waals surface area (Å²) in [6.07, 6.45) is 2.52. The molecule has 1 atom stereocenters. The second kappa shape index (κ2) is 6.86. The van der Waals surface area contributed by atoms with Gasteiger partial charge in [-0.1, -0.05) is 12.1 Å². The second-order valence-electron chi connectivity index (χ2n) is 5.70. The molecule has 0 radical (unpaired) electrons. The number of carbonyl (C=O) groups is 1. The molecule has 1 amide bonds. The van der Waals surface area contributed by atoms with Gasteiger partial charge in [-0.3, -0.25) is 9.69 Å². The zero-order valence-electron chi connectivity index (χ0n) is 12.6. The first-order chi connectivity index (χ1) is 9.54. The minimum atomic E-state index is 0.0270. The molecule has 1 heterocycles. The molecule has 0 bridgehead atoms. The van der Waals surface area contributed by atoms with Crippen molar-refractivity contribution in [2.45, 2.75) is 32.8 Å². The molecule has 0 aromatic heterocycles. The fraction of sp³-hybridized carbons (Fsp3) is 0.562. The maximum Gasteiger partial charge on any atom is 0.238 e. The lowest BCUT2D eigenvalue weighted by Gasteiger charge is -2.20. The highest BCUT2D eigenvalue weighted by molar-refractivity contribution is 5.93. The number of rotatable bonds is 5. The molecule has 1 N–H and O–H groups in total. The highest BCUT2D eigenvalue weighted by atomic mass is 16.5. The maximum atomic E-state index is 12.1. The van der Waals surface area contributed by atoms with E-state index in [-0.39, 0.29) is 12.0 Å². The Bertz CT molecular complexity index is 468. The standard InChI is InChI=1S/C16H24N2O2/c1-12-6-7-13(2)15(9-12)17-16(19)11-18(3)10-14-5-4-8-20-14/h6-7,9,14H,4-5,8,10-11H2,1-3H3,(H,17,19). The van der Waals surface area contributed by atoms with Crippen LogP contribution in [-0.2, 0) is 9.53 Å². The summed E-state index contributed by atoms with van der Waals surface area (Å²) in [5, 5.41) is 2.99. The molecule has 2 rings (SSSR count). The van der Waals surface area contributed by atoms with Crippen molar-refractivity contribution < 1.29 is 9.53 Å². The third-order valence-corrected chi connectivity index (χ3v) is 3.62. The molecular weight excluding hydrogens is 252 g/mol. The van der Waals surface area contributed by atoms with Gasteiger partial charge >= 0.3 is 0 Å². The van der Waals surface area contributed by atoms with Crippen LogP contribution >= 0.6 is 0 Å². The van der Waals surface area contributed by atoms with Crippen LogP contribution in [0.4, 0.5) is 5.69 Å². The van der Waals surface area contributed by atoms with Crippen LogP contribution in [0.3, 0.4) is 0 Å². The number of nitrogens with zero attached hydrogens (tertiary/aromatic N) is 1. The molecule has 0 saturated carbocycles. The molecule has 4 heteroatoms. The van der Waals surface area contributed by atoms with Gasteiger partial charge in [0.05, 0.1) is 12.6 Å². The molecule has 0 spiro atoms. The number of aryl methyl sites for hydroxylation is 2. The van der Waals surface area contributed by atoms with Crippen molar-refractivity contribution >= 4 is 11.6 Å². The molecule has 1 fully saturated rings. The van der Waals surface area contributed by atoms with Crippen molar-refractivity contribution in [3.8, 4) is 0 Å². The van der Waals surface area contributed by atoms with Crippen LogP contribution in [0.15, 0.2) is 18.2 Å². The molecule has 1 aliphatic heterocycles. The Kier molecular flexibility index (Phi) is 5.15. The largest absolute Gasteiger partial charge is 0.377 e. The number of ether oxygens (including phenoxy) is 1. The molecule has 110 valence electrons. The number of amides is 1. The first-order valence-corrected chi connectivity index (χ1v) is 7.22. The summed E-state index contributed by atoms with van der Waals surface area (Å²) in [7, 11) is 1.96. The zero-order chi connectivity index (χ0) is 14.5. The summed E-state index contributed by atoms with van der Waals surface area (Å²) in [4.78, 5) is 14.1. The summed E-state index contributed by atoms with van der Waals surface area (Å²) < 4.78 is 5.58. The van der Waals surface area contributed by atoms with Gasteiger partial charge in [0.15, 0.2) is 0 Å². The summed E-state index contributed by atoms with van der Waals surface area (Å²) in [6.45, 7) is 6.10. The molecule has 1 saturated heterocycles. The van der Waals surface area contributed by atoms with Crippen LogP contribution in [0, 0.1) is 13.8 Å². The van der Waals surface area contributed by atoms with E-state index in [1.807, 2.05) is 37.9 Å². The molecule has 4 nitrogen and oxygen atoms in total. The topological polar surface area (TPSA) is 41.6 Å². The first kappa shape index (κ1) is 15.0. The summed E-state index contributed by atoms with van der Waals surface area (Å²) in [5.41, 5.74) is 3.14. The molecule has 0 aliphatic carbocycles. The zero-order valence-corrected chi connectivity index (χ0v) is 12.6. The fourth-order valence-electron chi connectivity index (χ4n) is 2.51. The van der Waals surface area contributed by atoms with Crippen molar-refractivity contribution in [1.29, 1.82) is 0 Å². The molecule has 1 aromatic carbocycles. The Labute approximate surface area is 121 Å². The van der Waals surface area contributed by atoms with Crippen molar-refractivity contribution in [3.05, 3.63) is 29.3 Å². The minimum Gasteiger partial charge on any atom is -0.377 e. The Morgan fingerprint density at radius 3 is 2.95 bits per heavy atom. The Morgan fingerprint density at radius 2 is 2.25 bits per heavy atom. The van der Waals surface area contributed by atoms with E-state index in [1.165, 1.54) is 0 Å². The van der Waals surface area contributed by atoms with E-state index in [0.29, 0.717) is 6.54 Å². The summed E-state index contributed by atoms with van der Waals surface area (Å²) in [6, 6.07) is 6.09. The van der Waals surface area contributed by atoms with Gasteiger partial charge in [0.1, 0.15) is 0 Å². The number of likely N-dealkylation sites (N-methyl/N-ethyl adjacent to an activating group) is 1. The van der Waals surface area contributed by atoms with E-state index in [2.05, 4.69) is 11.4 Å². The van der Waals surface area contributed by atoms with Crippen LogP contribution in [-0.4, -0.2) is 43.7 Å². The van der Waals surface area contributed by atoms with Gasteiger partial charge in [0, 0.05) is 18.8 Å². The van der Waals surface area contributed by atoms with Crippen molar-refractivity contribution in [3.63, 3.8) is 0 Å². The van der Waals surface area contributed by atoms with Gasteiger partial charge in [-0.2, -0.15) is 0 Å². The fourth-order valence-corrected chi connectivity index (χ4v) is 2.51. The predicted molar refractivity (Wildman–Crippen MR) is 81.0 cm³/mol. The average Bonchev–Trinajstić information content (AvgIpc) is 2.86. The molecular formula is C16H24N2O2. The lowest BCUT2D eigenvalue weighted by molar-refractivity contribution is -0.117. The van der Waals surface area contributed by atoms with Gasteiger partial charge in [-0.25, -0.2) is 0 Å². The molecule has 1 unspecified atom stereocenters. The summed E-state index contributed by atoms with van der Waals surface area (Å²) in [5.74, 6) is 0.0270. The number of benzene rings is 1. The first-order valence-electron chi connectivity index (χ1n) is 7.22. The number of nitrogens with one attached hydrogen (secondary N) is 1. The van der Waals surface area contributed by atoms with Crippen molar-refractivity contribution in [1.82, 2.24) is 4.90 Å². The summed E-state index contributed by atoms with van der Waals surface area (Å²) >= 11 is 0. The third kappa shape index (κ3) is 4.32. The van der Waals surface area contributed by atoms with Crippen LogP contribution < -0.4 is 5.32 Å². The van der Waals surface area contributed by atoms with Crippen molar-refractivity contribution in [2.75, 3.05) is 32.1 Å². The Hall–Kier alpha value is -1.39. The highest BCUT2D eigenvalue weighted by Gasteiger charge is 2.18. The second-order valence-corrected chi connectivity index (χ2v) is 5.70. The van der Waals surface area contributed by atoms with Crippen LogP contribution in [0.5, 0.6) is 0 Å². The van der Waals surface area contributed by atoms with Gasteiger partial charge in [0.25, 0.3) is 0 Å². The smallest absolute Gasteiger partial charge is 0.238 e. The normalized spacial score (nSPS) is 18.5. The number of hydrogen-bond acceptors (Lipinski definition) is 3. The number of carbonyl (C=O) groups excluding carboxylic acids is 1. The molecule has 1 aliphatic rings. The third-order valence-electron chi connectivity index (χ3n) is 3.62. The van der Waals surface area contributed by atoms with Crippen LogP contribution in [0.2, 0.25) is 0 Å². The molecule has 20 heavy (non-hydrogen) atoms. The van der Waals surface area contributed by atoms with Crippen LogP contribution in [0.1, 0.15) is 24.0 Å². The van der Waals surface area contributed by atoms with Gasteiger partial charge < -0.3 is 10.1 Å². The van der Waals surface area contributed by atoms with E-state index >= 15 is 0 Å². The number of hydrogen-bond donors (Lipinski definition) is 1. The maximum absolute atomic E-state index is 12.1. The lowest BCUT2D eigenvalue weighted by atomic mass is 10.1. The van der Waals surface area contributed by atoms with Gasteiger partial charge in [0.2, 0.25) is 5.91 Å². The Balaban J connectivity index is 1.83. The monoisotopic (exact) mass is 276 g/mol. The van der Waals surface area contributed by atoms with Gasteiger partial charge in [-0.05, 0) is 50.9 Å². The van der Waals surface area contributed by atoms with E-state index < -0.39 is 0 Å². The highest BCUT2D eigenvalue weighted by Crippen LogP contribution is 2.16. The minimum absolute atomic E-state index is 0.0270. The lowest BCUT2D eigenvalue weighted by Crippen LogP contribution is -2.35. The van der Waals surface area contributed by atoms with Crippen LogP contribution in [0.25, 0.3) is 0 Å².